The molecule has 0 spiro atoms. The summed E-state index contributed by atoms with van der Waals surface area (Å²) in [5.41, 5.74) is 0.424. The molecule has 3 N–H and O–H groups in total. The minimum Gasteiger partial charge on any atom is -0.504 e. The summed E-state index contributed by atoms with van der Waals surface area (Å²) in [5, 5.41) is 25.2. The summed E-state index contributed by atoms with van der Waals surface area (Å²) < 4.78 is 4.62. The van der Waals surface area contributed by atoms with Crippen molar-refractivity contribution in [1.29, 1.82) is 5.41 Å². The van der Waals surface area contributed by atoms with Crippen molar-refractivity contribution < 1.29 is 14.9 Å². The maximum atomic E-state index is 9.04. The van der Waals surface area contributed by atoms with Gasteiger partial charge < -0.3 is 14.9 Å². The van der Waals surface area contributed by atoms with Crippen molar-refractivity contribution in [2.75, 3.05) is 7.11 Å². The minimum atomic E-state index is -0.255. The number of hydrogen-bond acceptors (Lipinski definition) is 4. The van der Waals surface area contributed by atoms with Crippen LogP contribution < -0.4 is 0 Å². The van der Waals surface area contributed by atoms with Crippen molar-refractivity contribution in [2.24, 2.45) is 0 Å². The molecule has 0 aliphatic carbocycles. The molecule has 0 heterocycles. The number of benzene rings is 1. The van der Waals surface area contributed by atoms with E-state index in [0.717, 1.165) is 0 Å². The summed E-state index contributed by atoms with van der Waals surface area (Å²) in [6, 6.07) is 4.06. The second-order valence-corrected chi connectivity index (χ2v) is 2.24. The lowest BCUT2D eigenvalue weighted by molar-refractivity contribution is 0.395. The number of phenolic OH excluding ortho intramolecular Hbond substituents is 2. The topological polar surface area (TPSA) is 73.5 Å². The second kappa shape index (κ2) is 3.13. The molecule has 0 radical (unpaired) electrons. The van der Waals surface area contributed by atoms with Gasteiger partial charge in [-0.1, -0.05) is 0 Å². The zero-order valence-electron chi connectivity index (χ0n) is 6.53. The van der Waals surface area contributed by atoms with Crippen LogP contribution in [0.5, 0.6) is 11.5 Å². The third-order valence-electron chi connectivity index (χ3n) is 1.44. The molecule has 0 saturated heterocycles. The maximum absolute atomic E-state index is 9.04. The van der Waals surface area contributed by atoms with Gasteiger partial charge in [0, 0.05) is 5.56 Å². The third-order valence-corrected chi connectivity index (χ3v) is 1.44. The van der Waals surface area contributed by atoms with Gasteiger partial charge in [-0.3, -0.25) is 5.41 Å². The van der Waals surface area contributed by atoms with Gasteiger partial charge in [0.05, 0.1) is 7.11 Å². The van der Waals surface area contributed by atoms with Crippen molar-refractivity contribution in [2.45, 2.75) is 0 Å². The molecule has 0 atom stereocenters. The average molecular weight is 167 g/mol. The molecule has 12 heavy (non-hydrogen) atoms. The van der Waals surface area contributed by atoms with Gasteiger partial charge in [0.15, 0.2) is 11.5 Å². The van der Waals surface area contributed by atoms with E-state index in [1.165, 1.54) is 25.3 Å². The van der Waals surface area contributed by atoms with Crippen molar-refractivity contribution in [3.05, 3.63) is 23.8 Å². The SMILES string of the molecule is COC(=N)c1ccc(O)c(O)c1. The molecule has 0 fully saturated rings. The molecule has 1 rings (SSSR count). The first-order valence-electron chi connectivity index (χ1n) is 3.30. The molecule has 0 bridgehead atoms. The van der Waals surface area contributed by atoms with Crippen LogP contribution in [0.3, 0.4) is 0 Å². The zero-order valence-corrected chi connectivity index (χ0v) is 6.53. The molecule has 4 heteroatoms. The Kier molecular flexibility index (Phi) is 2.19. The van der Waals surface area contributed by atoms with E-state index >= 15 is 0 Å². The number of nitrogens with one attached hydrogen (secondary N) is 1. The van der Waals surface area contributed by atoms with Crippen molar-refractivity contribution >= 4 is 5.90 Å². The predicted octanol–water partition coefficient (Wildman–Crippen LogP) is 1.07. The number of phenols is 2. The van der Waals surface area contributed by atoms with Crippen LogP contribution in [-0.2, 0) is 4.74 Å². The highest BCUT2D eigenvalue weighted by atomic mass is 16.5. The minimum absolute atomic E-state index is 0.0506. The fraction of sp³-hybridized carbons (Fsp3) is 0.125. The van der Waals surface area contributed by atoms with Gasteiger partial charge in [0.25, 0.3) is 0 Å². The predicted molar refractivity (Wildman–Crippen MR) is 43.6 cm³/mol. The Labute approximate surface area is 69.5 Å². The number of methoxy groups -OCH3 is 1. The molecule has 0 aliphatic heterocycles. The average Bonchev–Trinajstić information content (AvgIpc) is 2.08. The highest BCUT2D eigenvalue weighted by Crippen LogP contribution is 2.24. The van der Waals surface area contributed by atoms with Gasteiger partial charge in [0.1, 0.15) is 0 Å². The zero-order chi connectivity index (χ0) is 9.14. The summed E-state index contributed by atoms with van der Waals surface area (Å²) in [4.78, 5) is 0. The van der Waals surface area contributed by atoms with E-state index in [-0.39, 0.29) is 17.4 Å². The van der Waals surface area contributed by atoms with Crippen molar-refractivity contribution in [3.8, 4) is 11.5 Å². The number of rotatable bonds is 1. The Hall–Kier alpha value is -1.71. The Bertz CT molecular complexity index is 309. The number of aromatic hydroxyl groups is 2. The third kappa shape index (κ3) is 1.47. The van der Waals surface area contributed by atoms with E-state index < -0.39 is 0 Å². The molecule has 0 aromatic heterocycles. The van der Waals surface area contributed by atoms with E-state index in [2.05, 4.69) is 4.74 Å². The highest BCUT2D eigenvalue weighted by molar-refractivity contribution is 5.92. The molecular formula is C8H9NO3. The molecule has 4 nitrogen and oxygen atoms in total. The molecular weight excluding hydrogens is 158 g/mol. The molecule has 0 amide bonds. The first-order valence-corrected chi connectivity index (χ1v) is 3.30. The van der Waals surface area contributed by atoms with Crippen molar-refractivity contribution in [3.63, 3.8) is 0 Å². The molecule has 0 saturated carbocycles. The van der Waals surface area contributed by atoms with Crippen molar-refractivity contribution in [1.82, 2.24) is 0 Å². The normalized spacial score (nSPS) is 9.42. The Morgan fingerprint density at radius 3 is 2.50 bits per heavy atom. The van der Waals surface area contributed by atoms with E-state index in [1.807, 2.05) is 0 Å². The largest absolute Gasteiger partial charge is 0.504 e. The van der Waals surface area contributed by atoms with Gasteiger partial charge in [-0.15, -0.1) is 0 Å². The van der Waals surface area contributed by atoms with E-state index in [0.29, 0.717) is 5.56 Å². The monoisotopic (exact) mass is 167 g/mol. The van der Waals surface area contributed by atoms with Gasteiger partial charge >= 0.3 is 0 Å². The fourth-order valence-electron chi connectivity index (χ4n) is 0.783. The highest BCUT2D eigenvalue weighted by Gasteiger charge is 2.04. The molecule has 0 unspecified atom stereocenters. The van der Waals surface area contributed by atoms with Crippen LogP contribution in [0.15, 0.2) is 18.2 Å². The van der Waals surface area contributed by atoms with Crippen LogP contribution in [-0.4, -0.2) is 23.2 Å². The summed E-state index contributed by atoms with van der Waals surface area (Å²) >= 11 is 0. The maximum Gasteiger partial charge on any atom is 0.213 e. The van der Waals surface area contributed by atoms with Crippen LogP contribution in [0, 0.1) is 5.41 Å². The van der Waals surface area contributed by atoms with E-state index in [1.54, 1.807) is 0 Å². The smallest absolute Gasteiger partial charge is 0.213 e. The number of hydrogen-bond donors (Lipinski definition) is 3. The molecule has 1 aromatic rings. The van der Waals surface area contributed by atoms with E-state index in [9.17, 15) is 0 Å². The lowest BCUT2D eigenvalue weighted by Crippen LogP contribution is -2.00. The van der Waals surface area contributed by atoms with Crippen LogP contribution in [0.2, 0.25) is 0 Å². The Morgan fingerprint density at radius 1 is 1.33 bits per heavy atom. The van der Waals surface area contributed by atoms with Crippen LogP contribution in [0.4, 0.5) is 0 Å². The lowest BCUT2D eigenvalue weighted by atomic mass is 10.2. The standard InChI is InChI=1S/C8H9NO3/c1-12-8(9)5-2-3-6(10)7(11)4-5/h2-4,9-11H,1H3. The fourth-order valence-corrected chi connectivity index (χ4v) is 0.783. The Balaban J connectivity index is 3.05. The molecule has 64 valence electrons. The molecule has 0 aliphatic rings. The first-order chi connectivity index (χ1) is 5.65. The van der Waals surface area contributed by atoms with Crippen LogP contribution in [0.1, 0.15) is 5.56 Å². The second-order valence-electron chi connectivity index (χ2n) is 2.24. The number of ether oxygens (including phenoxy) is 1. The molecule has 1 aromatic carbocycles. The van der Waals surface area contributed by atoms with Gasteiger partial charge in [-0.05, 0) is 18.2 Å². The van der Waals surface area contributed by atoms with Gasteiger partial charge in [-0.2, -0.15) is 0 Å². The first kappa shape index (κ1) is 8.39. The summed E-state index contributed by atoms with van der Waals surface area (Å²) in [6.07, 6.45) is 0. The van der Waals surface area contributed by atoms with E-state index in [4.69, 9.17) is 15.6 Å². The quantitative estimate of drug-likeness (QED) is 0.332. The van der Waals surface area contributed by atoms with Gasteiger partial charge in [-0.25, -0.2) is 0 Å². The summed E-state index contributed by atoms with van der Waals surface area (Å²) in [5.74, 6) is -0.512. The van der Waals surface area contributed by atoms with Crippen LogP contribution in [0.25, 0.3) is 0 Å². The Morgan fingerprint density at radius 2 is 2.00 bits per heavy atom. The van der Waals surface area contributed by atoms with Crippen LogP contribution >= 0.6 is 0 Å². The van der Waals surface area contributed by atoms with Gasteiger partial charge in [0.2, 0.25) is 5.90 Å². The summed E-state index contributed by atoms with van der Waals surface area (Å²) in [7, 11) is 1.37. The lowest BCUT2D eigenvalue weighted by Gasteiger charge is -2.03. The summed E-state index contributed by atoms with van der Waals surface area (Å²) in [6.45, 7) is 0.